The van der Waals surface area contributed by atoms with Crippen molar-refractivity contribution in [3.8, 4) is 17.1 Å². The van der Waals surface area contributed by atoms with Crippen LogP contribution in [0.2, 0.25) is 0 Å². The van der Waals surface area contributed by atoms with E-state index in [0.717, 1.165) is 34.0 Å². The molecule has 1 aromatic heterocycles. The van der Waals surface area contributed by atoms with Gasteiger partial charge in [-0.15, -0.1) is 0 Å². The zero-order chi connectivity index (χ0) is 23.4. The number of aryl methyl sites for hydroxylation is 1. The first kappa shape index (κ1) is 22.3. The Labute approximate surface area is 193 Å². The molecule has 1 N–H and O–H groups in total. The van der Waals surface area contributed by atoms with E-state index in [4.69, 9.17) is 14.1 Å². The molecule has 0 unspecified atom stereocenters. The molecule has 0 radical (unpaired) electrons. The third kappa shape index (κ3) is 5.50. The van der Waals surface area contributed by atoms with E-state index in [1.165, 1.54) is 0 Å². The summed E-state index contributed by atoms with van der Waals surface area (Å²) in [5, 5.41) is 10.9. The molecule has 5 nitrogen and oxygen atoms in total. The predicted octanol–water partition coefficient (Wildman–Crippen LogP) is 6.76. The lowest BCUT2D eigenvalue weighted by molar-refractivity contribution is 0.0697. The van der Waals surface area contributed by atoms with Crippen LogP contribution in [0.3, 0.4) is 0 Å². The molecule has 0 aliphatic rings. The molecule has 3 aromatic carbocycles. The van der Waals surface area contributed by atoms with Crippen molar-refractivity contribution in [2.24, 2.45) is 10.9 Å². The topological polar surface area (TPSA) is 72.0 Å². The Balaban J connectivity index is 1.76. The molecule has 4 aromatic rings. The Morgan fingerprint density at radius 2 is 1.82 bits per heavy atom. The summed E-state index contributed by atoms with van der Waals surface area (Å²) >= 11 is 0. The molecular formula is C28H27NO4. The third-order valence-corrected chi connectivity index (χ3v) is 5.34. The number of carboxylic acids is 1. The third-order valence-electron chi connectivity index (χ3n) is 5.34. The SMILES string of the molecule is Cc1ccc2oc(-c3ccc(OCCC(C)C)cc3)cc(=Nc3cccc(C(=O)O)c3)c2c1. The molecule has 0 amide bonds. The van der Waals surface area contributed by atoms with Crippen LogP contribution >= 0.6 is 0 Å². The summed E-state index contributed by atoms with van der Waals surface area (Å²) in [5.74, 6) is 1.12. The number of ether oxygens (including phenoxy) is 1. The lowest BCUT2D eigenvalue weighted by atomic mass is 10.1. The average Bonchev–Trinajstić information content (AvgIpc) is 2.79. The largest absolute Gasteiger partial charge is 0.494 e. The lowest BCUT2D eigenvalue weighted by Gasteiger charge is -2.09. The van der Waals surface area contributed by atoms with Gasteiger partial charge in [0.1, 0.15) is 17.1 Å². The van der Waals surface area contributed by atoms with E-state index in [2.05, 4.69) is 13.8 Å². The first-order valence-electron chi connectivity index (χ1n) is 11.0. The summed E-state index contributed by atoms with van der Waals surface area (Å²) in [4.78, 5) is 16.1. The van der Waals surface area contributed by atoms with Crippen molar-refractivity contribution in [1.29, 1.82) is 0 Å². The van der Waals surface area contributed by atoms with Crippen LogP contribution in [0.15, 0.2) is 82.2 Å². The highest BCUT2D eigenvalue weighted by Crippen LogP contribution is 2.26. The van der Waals surface area contributed by atoms with Crippen molar-refractivity contribution >= 4 is 22.6 Å². The van der Waals surface area contributed by atoms with Gasteiger partial charge in [-0.2, -0.15) is 0 Å². The van der Waals surface area contributed by atoms with E-state index in [1.807, 2.05) is 55.5 Å². The second-order valence-corrected chi connectivity index (χ2v) is 8.52. The van der Waals surface area contributed by atoms with Crippen LogP contribution in [0, 0.1) is 12.8 Å². The Morgan fingerprint density at radius 1 is 1.03 bits per heavy atom. The highest BCUT2D eigenvalue weighted by Gasteiger charge is 2.08. The molecule has 33 heavy (non-hydrogen) atoms. The van der Waals surface area contributed by atoms with E-state index >= 15 is 0 Å². The van der Waals surface area contributed by atoms with Gasteiger partial charge in [-0.3, -0.25) is 0 Å². The second kappa shape index (κ2) is 9.74. The molecule has 0 spiro atoms. The van der Waals surface area contributed by atoms with E-state index in [-0.39, 0.29) is 5.56 Å². The van der Waals surface area contributed by atoms with Crippen molar-refractivity contribution in [3.05, 3.63) is 89.3 Å². The highest BCUT2D eigenvalue weighted by atomic mass is 16.5. The summed E-state index contributed by atoms with van der Waals surface area (Å²) in [7, 11) is 0. The molecule has 0 fully saturated rings. The van der Waals surface area contributed by atoms with Gasteiger partial charge in [0.15, 0.2) is 0 Å². The fourth-order valence-electron chi connectivity index (χ4n) is 3.49. The zero-order valence-corrected chi connectivity index (χ0v) is 19.0. The summed E-state index contributed by atoms with van der Waals surface area (Å²) in [6.07, 6.45) is 1.01. The second-order valence-electron chi connectivity index (χ2n) is 8.52. The van der Waals surface area contributed by atoms with Crippen LogP contribution in [0.4, 0.5) is 5.69 Å². The smallest absolute Gasteiger partial charge is 0.335 e. The minimum Gasteiger partial charge on any atom is -0.494 e. The molecule has 168 valence electrons. The van der Waals surface area contributed by atoms with Gasteiger partial charge in [0.05, 0.1) is 23.2 Å². The molecular weight excluding hydrogens is 414 g/mol. The maximum Gasteiger partial charge on any atom is 0.335 e. The molecule has 0 bridgehead atoms. The number of rotatable bonds is 7. The quantitative estimate of drug-likeness (QED) is 0.344. The molecule has 0 atom stereocenters. The van der Waals surface area contributed by atoms with E-state index < -0.39 is 5.97 Å². The van der Waals surface area contributed by atoms with Gasteiger partial charge in [0.25, 0.3) is 0 Å². The minimum atomic E-state index is -0.979. The molecule has 1 heterocycles. The lowest BCUT2D eigenvalue weighted by Crippen LogP contribution is -2.04. The zero-order valence-electron chi connectivity index (χ0n) is 19.0. The number of nitrogens with zero attached hydrogens (tertiary/aromatic N) is 1. The van der Waals surface area contributed by atoms with Crippen LogP contribution in [0.25, 0.3) is 22.3 Å². The Morgan fingerprint density at radius 3 is 2.55 bits per heavy atom. The van der Waals surface area contributed by atoms with Gasteiger partial charge in [-0.25, -0.2) is 9.79 Å². The van der Waals surface area contributed by atoms with E-state index in [0.29, 0.717) is 29.6 Å². The number of carbonyl (C=O) groups is 1. The van der Waals surface area contributed by atoms with Gasteiger partial charge in [0.2, 0.25) is 0 Å². The monoisotopic (exact) mass is 441 g/mol. The minimum absolute atomic E-state index is 0.200. The summed E-state index contributed by atoms with van der Waals surface area (Å²) < 4.78 is 12.0. The highest BCUT2D eigenvalue weighted by molar-refractivity contribution is 5.88. The normalized spacial score (nSPS) is 11.8. The molecule has 0 aliphatic heterocycles. The van der Waals surface area contributed by atoms with Gasteiger partial charge in [-0.1, -0.05) is 31.5 Å². The number of benzene rings is 3. The van der Waals surface area contributed by atoms with Gasteiger partial charge >= 0.3 is 5.97 Å². The van der Waals surface area contributed by atoms with E-state index in [9.17, 15) is 9.90 Å². The fourth-order valence-corrected chi connectivity index (χ4v) is 3.49. The summed E-state index contributed by atoms with van der Waals surface area (Å²) in [6.45, 7) is 7.06. The van der Waals surface area contributed by atoms with Crippen LogP contribution < -0.4 is 10.1 Å². The van der Waals surface area contributed by atoms with Crippen LogP contribution in [0.1, 0.15) is 36.2 Å². The number of hydrogen-bond donors (Lipinski definition) is 1. The molecule has 0 aliphatic carbocycles. The van der Waals surface area contributed by atoms with Gasteiger partial charge in [-0.05, 0) is 73.9 Å². The molecule has 5 heteroatoms. The number of carboxylic acid groups (broad SMARTS) is 1. The summed E-state index contributed by atoms with van der Waals surface area (Å²) in [5.41, 5.74) is 3.48. The van der Waals surface area contributed by atoms with Crippen molar-refractivity contribution in [2.75, 3.05) is 6.61 Å². The molecule has 4 rings (SSSR count). The number of fused-ring (bicyclic) bond motifs is 1. The Bertz CT molecular complexity index is 1350. The van der Waals surface area contributed by atoms with Crippen molar-refractivity contribution < 1.29 is 19.1 Å². The van der Waals surface area contributed by atoms with Crippen LogP contribution in [-0.4, -0.2) is 17.7 Å². The average molecular weight is 442 g/mol. The van der Waals surface area contributed by atoms with Crippen molar-refractivity contribution in [2.45, 2.75) is 27.2 Å². The molecule has 0 saturated heterocycles. The first-order chi connectivity index (χ1) is 15.9. The Hall–Kier alpha value is -3.86. The van der Waals surface area contributed by atoms with E-state index in [1.54, 1.807) is 24.3 Å². The van der Waals surface area contributed by atoms with Crippen molar-refractivity contribution in [3.63, 3.8) is 0 Å². The molecule has 0 saturated carbocycles. The first-order valence-corrected chi connectivity index (χ1v) is 11.0. The van der Waals surface area contributed by atoms with Crippen LogP contribution in [-0.2, 0) is 0 Å². The van der Waals surface area contributed by atoms with Gasteiger partial charge in [0, 0.05) is 17.0 Å². The fraction of sp³-hybridized carbons (Fsp3) is 0.214. The standard InChI is InChI=1S/C28H27NO4/c1-18(2)13-14-32-23-10-8-20(9-11-23)27-17-25(24-15-19(3)7-12-26(24)33-27)29-22-6-4-5-21(16-22)28(30)31/h4-12,15-18H,13-14H2,1-3H3,(H,30,31). The van der Waals surface area contributed by atoms with Gasteiger partial charge < -0.3 is 14.3 Å². The maximum absolute atomic E-state index is 11.4. The predicted molar refractivity (Wildman–Crippen MR) is 130 cm³/mol. The van der Waals surface area contributed by atoms with Crippen LogP contribution in [0.5, 0.6) is 5.75 Å². The van der Waals surface area contributed by atoms with Crippen molar-refractivity contribution in [1.82, 2.24) is 0 Å². The number of hydrogen-bond acceptors (Lipinski definition) is 4. The Kier molecular flexibility index (Phi) is 6.59. The number of aromatic carboxylic acids is 1. The maximum atomic E-state index is 11.4. The summed E-state index contributed by atoms with van der Waals surface area (Å²) in [6, 6.07) is 22.3.